The fraction of sp³-hybridized carbons (Fsp3) is 0.318. The van der Waals surface area contributed by atoms with Crippen LogP contribution in [0.2, 0.25) is 0 Å². The SMILES string of the molecule is Cn1ccc(Nc2ncnc(-c3ccc(CNC(=O)c4nc(C(C)(C)C)no4)c(C(F)(F)F)c3)n2)n1. The van der Waals surface area contributed by atoms with E-state index in [-0.39, 0.29) is 28.8 Å². The highest BCUT2D eigenvalue weighted by molar-refractivity contribution is 5.89. The van der Waals surface area contributed by atoms with Crippen LogP contribution in [0.1, 0.15) is 48.4 Å². The molecule has 0 aliphatic heterocycles. The van der Waals surface area contributed by atoms with Crippen molar-refractivity contribution in [1.29, 1.82) is 0 Å². The lowest BCUT2D eigenvalue weighted by molar-refractivity contribution is -0.138. The maximum atomic E-state index is 13.9. The normalized spacial score (nSPS) is 12.0. The number of nitrogens with zero attached hydrogens (tertiary/aromatic N) is 7. The van der Waals surface area contributed by atoms with Crippen LogP contribution in [0.15, 0.2) is 41.3 Å². The largest absolute Gasteiger partial charge is 0.416 e. The molecule has 36 heavy (non-hydrogen) atoms. The molecule has 0 unspecified atom stereocenters. The third kappa shape index (κ3) is 5.64. The summed E-state index contributed by atoms with van der Waals surface area (Å²) in [4.78, 5) is 28.5. The molecule has 3 aromatic heterocycles. The van der Waals surface area contributed by atoms with Crippen molar-refractivity contribution >= 4 is 17.7 Å². The van der Waals surface area contributed by atoms with Crippen LogP contribution in [0.5, 0.6) is 0 Å². The van der Waals surface area contributed by atoms with Gasteiger partial charge in [-0.05, 0) is 11.6 Å². The highest BCUT2D eigenvalue weighted by atomic mass is 19.4. The van der Waals surface area contributed by atoms with Crippen LogP contribution in [0, 0.1) is 0 Å². The summed E-state index contributed by atoms with van der Waals surface area (Å²) in [5, 5.41) is 13.1. The Kier molecular flexibility index (Phi) is 6.43. The van der Waals surface area contributed by atoms with E-state index < -0.39 is 29.6 Å². The minimum Gasteiger partial charge on any atom is -0.344 e. The molecule has 188 valence electrons. The third-order valence-corrected chi connectivity index (χ3v) is 4.93. The molecule has 11 nitrogen and oxygen atoms in total. The van der Waals surface area contributed by atoms with Crippen molar-refractivity contribution in [3.8, 4) is 11.4 Å². The molecule has 4 aromatic rings. The Balaban J connectivity index is 1.55. The van der Waals surface area contributed by atoms with E-state index in [2.05, 4.69) is 40.8 Å². The van der Waals surface area contributed by atoms with Crippen molar-refractivity contribution in [3.63, 3.8) is 0 Å². The van der Waals surface area contributed by atoms with E-state index in [1.165, 1.54) is 18.5 Å². The van der Waals surface area contributed by atoms with Gasteiger partial charge in [0, 0.05) is 36.8 Å². The fourth-order valence-corrected chi connectivity index (χ4v) is 3.10. The highest BCUT2D eigenvalue weighted by Crippen LogP contribution is 2.34. The highest BCUT2D eigenvalue weighted by Gasteiger charge is 2.34. The molecule has 3 heterocycles. The van der Waals surface area contributed by atoms with E-state index in [1.807, 2.05) is 20.8 Å². The van der Waals surface area contributed by atoms with Gasteiger partial charge in [-0.25, -0.2) is 9.97 Å². The quantitative estimate of drug-likeness (QED) is 0.406. The number of benzene rings is 1. The molecule has 0 fully saturated rings. The maximum absolute atomic E-state index is 13.9. The Morgan fingerprint density at radius 3 is 2.53 bits per heavy atom. The van der Waals surface area contributed by atoms with E-state index in [9.17, 15) is 18.0 Å². The molecule has 0 bridgehead atoms. The Labute approximate surface area is 203 Å². The van der Waals surface area contributed by atoms with Crippen LogP contribution in [0.3, 0.4) is 0 Å². The first-order chi connectivity index (χ1) is 16.9. The summed E-state index contributed by atoms with van der Waals surface area (Å²) >= 11 is 0. The Bertz CT molecular complexity index is 1390. The topological polar surface area (TPSA) is 137 Å². The van der Waals surface area contributed by atoms with Crippen molar-refractivity contribution in [2.75, 3.05) is 5.32 Å². The average molecular weight is 501 g/mol. The Morgan fingerprint density at radius 1 is 1.11 bits per heavy atom. The van der Waals surface area contributed by atoms with Crippen molar-refractivity contribution in [3.05, 3.63) is 59.6 Å². The molecule has 14 heteroatoms. The summed E-state index contributed by atoms with van der Waals surface area (Å²) < 4.78 is 48.1. The number of carbonyl (C=O) groups excluding carboxylic acids is 1. The van der Waals surface area contributed by atoms with Crippen molar-refractivity contribution in [2.24, 2.45) is 7.05 Å². The van der Waals surface area contributed by atoms with Crippen molar-refractivity contribution < 1.29 is 22.5 Å². The number of hydrogen-bond acceptors (Lipinski definition) is 9. The predicted octanol–water partition coefficient (Wildman–Crippen LogP) is 3.65. The first kappa shape index (κ1) is 24.8. The molecule has 1 aromatic carbocycles. The summed E-state index contributed by atoms with van der Waals surface area (Å²) in [6, 6.07) is 5.29. The number of halogens is 3. The molecule has 4 rings (SSSR count). The second-order valence-corrected chi connectivity index (χ2v) is 8.86. The van der Waals surface area contributed by atoms with Gasteiger partial charge in [0.25, 0.3) is 0 Å². The molecule has 2 N–H and O–H groups in total. The van der Waals surface area contributed by atoms with Gasteiger partial charge in [-0.2, -0.15) is 28.2 Å². The van der Waals surface area contributed by atoms with Gasteiger partial charge < -0.3 is 15.2 Å². The second-order valence-electron chi connectivity index (χ2n) is 8.86. The van der Waals surface area contributed by atoms with Crippen LogP contribution in [0.25, 0.3) is 11.4 Å². The molecule has 0 saturated carbocycles. The van der Waals surface area contributed by atoms with Crippen LogP contribution in [0.4, 0.5) is 24.9 Å². The van der Waals surface area contributed by atoms with E-state index in [0.717, 1.165) is 6.07 Å². The number of anilines is 2. The Morgan fingerprint density at radius 2 is 1.89 bits per heavy atom. The minimum absolute atomic E-state index is 0.0325. The zero-order chi connectivity index (χ0) is 26.1. The number of amides is 1. The molecule has 0 spiro atoms. The monoisotopic (exact) mass is 501 g/mol. The summed E-state index contributed by atoms with van der Waals surface area (Å²) in [6.45, 7) is 5.09. The molecular formula is C22H22F3N9O2. The zero-order valence-corrected chi connectivity index (χ0v) is 19.8. The second kappa shape index (κ2) is 9.36. The smallest absolute Gasteiger partial charge is 0.344 e. The van der Waals surface area contributed by atoms with Crippen molar-refractivity contribution in [2.45, 2.75) is 38.9 Å². The lowest BCUT2D eigenvalue weighted by atomic mass is 9.96. The number of rotatable bonds is 6. The van der Waals surface area contributed by atoms with Crippen molar-refractivity contribution in [1.82, 2.24) is 40.2 Å². The predicted molar refractivity (Wildman–Crippen MR) is 121 cm³/mol. The standard InChI is InChI=1S/C22H22F3N9O2/c1-21(2,3)19-31-18(36-33-19)17(35)26-10-13-6-5-12(9-14(13)22(23,24)25)16-27-11-28-20(30-16)29-15-7-8-34(4)32-15/h5-9,11H,10H2,1-4H3,(H,26,35)(H,27,28,29,30,32). The van der Waals surface area contributed by atoms with Crippen LogP contribution >= 0.6 is 0 Å². The summed E-state index contributed by atoms with van der Waals surface area (Å²) in [6.07, 6.45) is -1.80. The van der Waals surface area contributed by atoms with Gasteiger partial charge >= 0.3 is 18.0 Å². The first-order valence-electron chi connectivity index (χ1n) is 10.7. The van der Waals surface area contributed by atoms with Gasteiger partial charge in [0.2, 0.25) is 5.95 Å². The summed E-state index contributed by atoms with van der Waals surface area (Å²) in [5.74, 6) is -0.182. The number of aryl methyl sites for hydroxylation is 1. The number of nitrogens with one attached hydrogen (secondary N) is 2. The molecule has 0 aliphatic carbocycles. The minimum atomic E-state index is -4.69. The zero-order valence-electron chi connectivity index (χ0n) is 19.8. The van der Waals surface area contributed by atoms with Gasteiger partial charge in [0.05, 0.1) is 5.56 Å². The number of hydrogen-bond donors (Lipinski definition) is 2. The van der Waals surface area contributed by atoms with Gasteiger partial charge in [0.15, 0.2) is 17.5 Å². The summed E-state index contributed by atoms with van der Waals surface area (Å²) in [7, 11) is 1.73. The van der Waals surface area contributed by atoms with Gasteiger partial charge in [-0.15, -0.1) is 0 Å². The van der Waals surface area contributed by atoms with Crippen LogP contribution < -0.4 is 10.6 Å². The molecule has 0 radical (unpaired) electrons. The van der Waals surface area contributed by atoms with E-state index >= 15 is 0 Å². The maximum Gasteiger partial charge on any atom is 0.416 e. The van der Waals surface area contributed by atoms with Crippen LogP contribution in [-0.4, -0.2) is 40.8 Å². The molecule has 0 saturated heterocycles. The van der Waals surface area contributed by atoms with Gasteiger partial charge in [0.1, 0.15) is 6.33 Å². The first-order valence-corrected chi connectivity index (χ1v) is 10.7. The third-order valence-electron chi connectivity index (χ3n) is 4.93. The van der Waals surface area contributed by atoms with Crippen LogP contribution in [-0.2, 0) is 25.2 Å². The number of alkyl halides is 3. The van der Waals surface area contributed by atoms with E-state index in [1.54, 1.807) is 24.0 Å². The average Bonchev–Trinajstić information content (AvgIpc) is 3.46. The molecule has 0 aliphatic rings. The van der Waals surface area contributed by atoms with Gasteiger partial charge in [-0.3, -0.25) is 9.48 Å². The molecular weight excluding hydrogens is 479 g/mol. The Hall–Kier alpha value is -4.36. The van der Waals surface area contributed by atoms with Gasteiger partial charge in [-0.1, -0.05) is 38.1 Å². The fourth-order valence-electron chi connectivity index (χ4n) is 3.10. The van der Waals surface area contributed by atoms with E-state index in [4.69, 9.17) is 4.52 Å². The summed E-state index contributed by atoms with van der Waals surface area (Å²) in [5.41, 5.74) is -1.43. The molecule has 0 atom stereocenters. The molecule has 1 amide bonds. The number of aromatic nitrogens is 7. The lowest BCUT2D eigenvalue weighted by Gasteiger charge is -2.15. The number of carbonyl (C=O) groups is 1. The lowest BCUT2D eigenvalue weighted by Crippen LogP contribution is -2.25. The van der Waals surface area contributed by atoms with E-state index in [0.29, 0.717) is 11.6 Å².